The first-order chi connectivity index (χ1) is 9.52. The SMILES string of the molecule is CN(c1ccccc1C(N)=O)c1ccccc1[N+](=O)[O-]. The number of nitro groups is 1. The zero-order valence-electron chi connectivity index (χ0n) is 10.8. The van der Waals surface area contributed by atoms with Gasteiger partial charge in [0.25, 0.3) is 11.6 Å². The average molecular weight is 271 g/mol. The Balaban J connectivity index is 2.55. The van der Waals surface area contributed by atoms with Crippen molar-refractivity contribution in [2.75, 3.05) is 11.9 Å². The fourth-order valence-electron chi connectivity index (χ4n) is 2.01. The molecule has 0 saturated carbocycles. The summed E-state index contributed by atoms with van der Waals surface area (Å²) in [6.45, 7) is 0. The summed E-state index contributed by atoms with van der Waals surface area (Å²) in [5.74, 6) is -0.578. The van der Waals surface area contributed by atoms with Gasteiger partial charge >= 0.3 is 0 Å². The third kappa shape index (κ3) is 2.44. The number of hydrogen-bond acceptors (Lipinski definition) is 4. The summed E-state index contributed by atoms with van der Waals surface area (Å²) in [4.78, 5) is 23.6. The summed E-state index contributed by atoms with van der Waals surface area (Å²) in [5.41, 5.74) is 6.53. The smallest absolute Gasteiger partial charge is 0.292 e. The molecular formula is C14H13N3O3. The molecule has 2 rings (SSSR count). The fraction of sp³-hybridized carbons (Fsp3) is 0.0714. The van der Waals surface area contributed by atoms with E-state index in [9.17, 15) is 14.9 Å². The van der Waals surface area contributed by atoms with Gasteiger partial charge in [-0.3, -0.25) is 14.9 Å². The highest BCUT2D eigenvalue weighted by molar-refractivity contribution is 5.99. The molecule has 0 atom stereocenters. The number of para-hydroxylation sites is 3. The Hall–Kier alpha value is -2.89. The minimum absolute atomic E-state index is 0.0331. The third-order valence-corrected chi connectivity index (χ3v) is 2.97. The van der Waals surface area contributed by atoms with Gasteiger partial charge in [0.05, 0.1) is 16.2 Å². The van der Waals surface area contributed by atoms with Crippen LogP contribution in [0.4, 0.5) is 17.1 Å². The van der Waals surface area contributed by atoms with Crippen molar-refractivity contribution in [1.29, 1.82) is 0 Å². The lowest BCUT2D eigenvalue weighted by Crippen LogP contribution is -2.19. The molecule has 1 amide bonds. The highest BCUT2D eigenvalue weighted by Gasteiger charge is 2.19. The second-order valence-electron chi connectivity index (χ2n) is 4.19. The zero-order valence-corrected chi connectivity index (χ0v) is 10.8. The summed E-state index contributed by atoms with van der Waals surface area (Å²) in [6, 6.07) is 13.0. The number of nitrogens with two attached hydrogens (primary N) is 1. The molecule has 0 radical (unpaired) electrons. The van der Waals surface area contributed by atoms with Crippen LogP contribution >= 0.6 is 0 Å². The van der Waals surface area contributed by atoms with Gasteiger partial charge < -0.3 is 10.6 Å². The molecular weight excluding hydrogens is 258 g/mol. The lowest BCUT2D eigenvalue weighted by atomic mass is 10.1. The maximum Gasteiger partial charge on any atom is 0.292 e. The first kappa shape index (κ1) is 13.5. The lowest BCUT2D eigenvalue weighted by molar-refractivity contribution is -0.384. The topological polar surface area (TPSA) is 89.5 Å². The van der Waals surface area contributed by atoms with Crippen molar-refractivity contribution >= 4 is 23.0 Å². The van der Waals surface area contributed by atoms with Crippen molar-refractivity contribution in [3.63, 3.8) is 0 Å². The molecule has 0 unspecified atom stereocenters. The maximum atomic E-state index is 11.4. The Morgan fingerprint density at radius 3 is 2.25 bits per heavy atom. The predicted octanol–water partition coefficient (Wildman–Crippen LogP) is 2.46. The van der Waals surface area contributed by atoms with E-state index in [1.807, 2.05) is 0 Å². The van der Waals surface area contributed by atoms with Crippen LogP contribution in [0.1, 0.15) is 10.4 Å². The molecule has 2 N–H and O–H groups in total. The molecule has 0 aromatic heterocycles. The van der Waals surface area contributed by atoms with Gasteiger partial charge in [-0.1, -0.05) is 24.3 Å². The fourth-order valence-corrected chi connectivity index (χ4v) is 2.01. The highest BCUT2D eigenvalue weighted by Crippen LogP contribution is 2.33. The van der Waals surface area contributed by atoms with Crippen LogP contribution in [-0.2, 0) is 0 Å². The van der Waals surface area contributed by atoms with E-state index < -0.39 is 10.8 Å². The first-order valence-corrected chi connectivity index (χ1v) is 5.88. The van der Waals surface area contributed by atoms with E-state index in [-0.39, 0.29) is 5.69 Å². The number of rotatable bonds is 4. The normalized spacial score (nSPS) is 10.1. The van der Waals surface area contributed by atoms with Gasteiger partial charge in [0, 0.05) is 13.1 Å². The average Bonchev–Trinajstić information content (AvgIpc) is 2.46. The molecule has 102 valence electrons. The van der Waals surface area contributed by atoms with Crippen molar-refractivity contribution in [1.82, 2.24) is 0 Å². The van der Waals surface area contributed by atoms with Crippen LogP contribution in [0.2, 0.25) is 0 Å². The molecule has 0 heterocycles. The van der Waals surface area contributed by atoms with Crippen LogP contribution < -0.4 is 10.6 Å². The van der Waals surface area contributed by atoms with E-state index in [1.165, 1.54) is 6.07 Å². The van der Waals surface area contributed by atoms with Gasteiger partial charge in [0.2, 0.25) is 0 Å². The standard InChI is InChI=1S/C14H13N3O3/c1-16(11-7-3-2-6-10(11)14(15)18)12-8-4-5-9-13(12)17(19)20/h2-9H,1H3,(H2,15,18). The molecule has 2 aromatic rings. The van der Waals surface area contributed by atoms with E-state index in [4.69, 9.17) is 5.73 Å². The van der Waals surface area contributed by atoms with E-state index >= 15 is 0 Å². The van der Waals surface area contributed by atoms with Crippen molar-refractivity contribution in [3.8, 4) is 0 Å². The number of primary amides is 1. The molecule has 0 aliphatic rings. The Morgan fingerprint density at radius 1 is 1.10 bits per heavy atom. The Bertz CT molecular complexity index is 613. The molecule has 0 aliphatic heterocycles. The largest absolute Gasteiger partial charge is 0.366 e. The quantitative estimate of drug-likeness (QED) is 0.683. The molecule has 20 heavy (non-hydrogen) atoms. The van der Waals surface area contributed by atoms with E-state index in [0.29, 0.717) is 16.9 Å². The molecule has 6 heteroatoms. The second kappa shape index (κ2) is 5.40. The highest BCUT2D eigenvalue weighted by atomic mass is 16.6. The van der Waals surface area contributed by atoms with E-state index in [0.717, 1.165) is 0 Å². The van der Waals surface area contributed by atoms with Gasteiger partial charge in [0.1, 0.15) is 5.69 Å². The third-order valence-electron chi connectivity index (χ3n) is 2.97. The number of nitrogens with zero attached hydrogens (tertiary/aromatic N) is 2. The van der Waals surface area contributed by atoms with E-state index in [1.54, 1.807) is 54.4 Å². The molecule has 0 spiro atoms. The second-order valence-corrected chi connectivity index (χ2v) is 4.19. The number of carbonyl (C=O) groups excluding carboxylic acids is 1. The predicted molar refractivity (Wildman–Crippen MR) is 76.1 cm³/mol. The van der Waals surface area contributed by atoms with Gasteiger partial charge in [0.15, 0.2) is 0 Å². The van der Waals surface area contributed by atoms with Crippen LogP contribution in [-0.4, -0.2) is 17.9 Å². The van der Waals surface area contributed by atoms with Crippen molar-refractivity contribution in [2.45, 2.75) is 0 Å². The number of amides is 1. The Kier molecular flexibility index (Phi) is 3.65. The minimum Gasteiger partial charge on any atom is -0.366 e. The van der Waals surface area contributed by atoms with Gasteiger partial charge in [-0.25, -0.2) is 0 Å². The van der Waals surface area contributed by atoms with Gasteiger partial charge in [-0.15, -0.1) is 0 Å². The van der Waals surface area contributed by atoms with Crippen LogP contribution in [0.5, 0.6) is 0 Å². The molecule has 0 aliphatic carbocycles. The summed E-state index contributed by atoms with van der Waals surface area (Å²) in [7, 11) is 1.66. The van der Waals surface area contributed by atoms with E-state index in [2.05, 4.69) is 0 Å². The van der Waals surface area contributed by atoms with Crippen molar-refractivity contribution in [3.05, 3.63) is 64.2 Å². The summed E-state index contributed by atoms with van der Waals surface area (Å²) >= 11 is 0. The molecule has 6 nitrogen and oxygen atoms in total. The minimum atomic E-state index is -0.578. The van der Waals surface area contributed by atoms with Crippen LogP contribution in [0, 0.1) is 10.1 Å². The first-order valence-electron chi connectivity index (χ1n) is 5.88. The summed E-state index contributed by atoms with van der Waals surface area (Å²) in [6.07, 6.45) is 0. The number of nitro benzene ring substituents is 1. The molecule has 0 fully saturated rings. The van der Waals surface area contributed by atoms with Crippen LogP contribution in [0.15, 0.2) is 48.5 Å². The van der Waals surface area contributed by atoms with Crippen molar-refractivity contribution < 1.29 is 9.72 Å². The lowest BCUT2D eigenvalue weighted by Gasteiger charge is -2.21. The summed E-state index contributed by atoms with van der Waals surface area (Å²) < 4.78 is 0. The number of anilines is 2. The van der Waals surface area contributed by atoms with Crippen molar-refractivity contribution in [2.24, 2.45) is 5.73 Å². The number of benzene rings is 2. The van der Waals surface area contributed by atoms with Crippen LogP contribution in [0.3, 0.4) is 0 Å². The molecule has 2 aromatic carbocycles. The zero-order chi connectivity index (χ0) is 14.7. The Labute approximate surface area is 115 Å². The Morgan fingerprint density at radius 2 is 1.65 bits per heavy atom. The number of hydrogen-bond donors (Lipinski definition) is 1. The van der Waals surface area contributed by atoms with Crippen LogP contribution in [0.25, 0.3) is 0 Å². The molecule has 0 bridgehead atoms. The number of carbonyl (C=O) groups is 1. The molecule has 0 saturated heterocycles. The summed E-state index contributed by atoms with van der Waals surface area (Å²) in [5, 5.41) is 11.1. The van der Waals surface area contributed by atoms with Gasteiger partial charge in [-0.05, 0) is 18.2 Å². The van der Waals surface area contributed by atoms with Gasteiger partial charge in [-0.2, -0.15) is 0 Å². The monoisotopic (exact) mass is 271 g/mol. The maximum absolute atomic E-state index is 11.4.